The molecule has 0 spiro atoms. The average molecular weight is 515 g/mol. The van der Waals surface area contributed by atoms with E-state index in [9.17, 15) is 9.59 Å². The van der Waals surface area contributed by atoms with E-state index in [2.05, 4.69) is 26.4 Å². The van der Waals surface area contributed by atoms with Gasteiger partial charge < -0.3 is 19.9 Å². The molecule has 0 aromatic carbocycles. The molecular formula is C26H26N8O4. The maximum atomic E-state index is 12.9. The minimum atomic E-state index is -0.369. The van der Waals surface area contributed by atoms with Crippen LogP contribution >= 0.6 is 0 Å². The predicted octanol–water partition coefficient (Wildman–Crippen LogP) is 2.34. The van der Waals surface area contributed by atoms with Gasteiger partial charge in [-0.3, -0.25) is 14.6 Å². The summed E-state index contributed by atoms with van der Waals surface area (Å²) >= 11 is 0. The van der Waals surface area contributed by atoms with Crippen LogP contribution in [0.4, 0.5) is 0 Å². The zero-order valence-corrected chi connectivity index (χ0v) is 20.8. The van der Waals surface area contributed by atoms with Gasteiger partial charge in [0.2, 0.25) is 17.6 Å². The van der Waals surface area contributed by atoms with E-state index in [4.69, 9.17) is 20.1 Å². The number of hydrogen-bond donors (Lipinski definition) is 1. The Labute approximate surface area is 217 Å². The molecule has 2 N–H and O–H groups in total. The van der Waals surface area contributed by atoms with Gasteiger partial charge in [-0.1, -0.05) is 23.4 Å². The van der Waals surface area contributed by atoms with E-state index in [-0.39, 0.29) is 30.3 Å². The molecule has 0 saturated carbocycles. The summed E-state index contributed by atoms with van der Waals surface area (Å²) in [5.41, 5.74) is 8.00. The Morgan fingerprint density at radius 1 is 1.26 bits per heavy atom. The maximum absolute atomic E-state index is 12.9. The van der Waals surface area contributed by atoms with Gasteiger partial charge in [0.05, 0.1) is 23.1 Å². The molecule has 3 aromatic heterocycles. The van der Waals surface area contributed by atoms with Crippen molar-refractivity contribution in [2.24, 2.45) is 16.8 Å². The molecule has 0 radical (unpaired) electrons. The monoisotopic (exact) mass is 514 g/mol. The van der Waals surface area contributed by atoms with E-state index in [1.807, 2.05) is 19.1 Å². The average Bonchev–Trinajstić information content (AvgIpc) is 3.57. The molecule has 3 aromatic rings. The highest BCUT2D eigenvalue weighted by molar-refractivity contribution is 5.96. The molecule has 1 fully saturated rings. The number of likely N-dealkylation sites (tertiary alicyclic amines) is 1. The number of rotatable bonds is 5. The smallest absolute Gasteiger partial charge is 0.255 e. The molecule has 2 unspecified atom stereocenters. The number of pyridine rings is 1. The topological polar surface area (TPSA) is 155 Å². The standard InChI is InChI=1S/C26H26N8O4/c1-15-11-21(32-38-15)24-30-29-23-19-6-2-3-7-20(19)25(31-34(23)24)37-14-18-9-8-16(12-28-18)26(36)33-10-4-5-17(13-33)22(27)35/h2-3,7-9,11-12,17,19H,4-6,10,13-14H2,1H3,(H2,27,35). The molecule has 1 saturated heterocycles. The number of amides is 2. The molecule has 5 heterocycles. The van der Waals surface area contributed by atoms with Gasteiger partial charge in [-0.2, -0.15) is 4.68 Å². The van der Waals surface area contributed by atoms with Crippen LogP contribution in [0, 0.1) is 12.8 Å². The SMILES string of the molecule is Cc1cc(-c2nnc3n2N=C(OCc2ccc(C(=O)N4CCCC(C(N)=O)C4)cn2)C2=CC=CCC23)no1. The minimum Gasteiger partial charge on any atom is -0.470 e. The quantitative estimate of drug-likeness (QED) is 0.544. The fourth-order valence-corrected chi connectivity index (χ4v) is 4.95. The van der Waals surface area contributed by atoms with Crippen LogP contribution in [0.5, 0.6) is 0 Å². The van der Waals surface area contributed by atoms with E-state index in [0.717, 1.165) is 18.4 Å². The van der Waals surface area contributed by atoms with Gasteiger partial charge in [-0.05, 0) is 38.3 Å². The normalized spacial score (nSPS) is 20.3. The zero-order valence-electron chi connectivity index (χ0n) is 20.8. The molecular weight excluding hydrogens is 488 g/mol. The number of fused-ring (bicyclic) bond motifs is 3. The molecule has 12 nitrogen and oxygen atoms in total. The lowest BCUT2D eigenvalue weighted by molar-refractivity contribution is -0.123. The van der Waals surface area contributed by atoms with Crippen LogP contribution in [0.2, 0.25) is 0 Å². The summed E-state index contributed by atoms with van der Waals surface area (Å²) in [6, 6.07) is 5.26. The number of primary amides is 1. The van der Waals surface area contributed by atoms with Crippen molar-refractivity contribution < 1.29 is 18.8 Å². The first-order valence-corrected chi connectivity index (χ1v) is 12.5. The van der Waals surface area contributed by atoms with Crippen molar-refractivity contribution in [3.8, 4) is 11.5 Å². The molecule has 194 valence electrons. The lowest BCUT2D eigenvalue weighted by atomic mass is 9.90. The third-order valence-electron chi connectivity index (χ3n) is 6.97. The van der Waals surface area contributed by atoms with Gasteiger partial charge in [-0.25, -0.2) is 0 Å². The summed E-state index contributed by atoms with van der Waals surface area (Å²) < 4.78 is 13.0. The Hall–Kier alpha value is -4.61. The molecule has 12 heteroatoms. The molecule has 2 amide bonds. The minimum absolute atomic E-state index is 0.0523. The van der Waals surface area contributed by atoms with E-state index in [1.54, 1.807) is 27.8 Å². The molecule has 2 aliphatic heterocycles. The van der Waals surface area contributed by atoms with Gasteiger partial charge in [0.25, 0.3) is 5.91 Å². The second kappa shape index (κ2) is 9.69. The Morgan fingerprint density at radius 2 is 2.16 bits per heavy atom. The van der Waals surface area contributed by atoms with E-state index in [1.165, 1.54) is 6.20 Å². The zero-order chi connectivity index (χ0) is 26.2. The number of hydrogen-bond acceptors (Lipinski definition) is 9. The molecule has 3 aliphatic rings. The van der Waals surface area contributed by atoms with Crippen LogP contribution in [-0.2, 0) is 16.1 Å². The number of aromatic nitrogens is 5. The maximum Gasteiger partial charge on any atom is 0.255 e. The van der Waals surface area contributed by atoms with Crippen LogP contribution in [0.15, 0.2) is 57.8 Å². The Kier molecular flexibility index (Phi) is 6.06. The third kappa shape index (κ3) is 4.38. The fraction of sp³-hybridized carbons (Fsp3) is 0.346. The first-order chi connectivity index (χ1) is 18.5. The number of carbonyl (C=O) groups is 2. The number of allylic oxidation sites excluding steroid dienone is 3. The van der Waals surface area contributed by atoms with Gasteiger partial charge >= 0.3 is 0 Å². The number of piperidine rings is 1. The van der Waals surface area contributed by atoms with Crippen molar-refractivity contribution in [3.63, 3.8) is 0 Å². The molecule has 6 rings (SSSR count). The van der Waals surface area contributed by atoms with Crippen molar-refractivity contribution in [2.45, 2.75) is 38.7 Å². The van der Waals surface area contributed by atoms with E-state index in [0.29, 0.717) is 59.8 Å². The predicted molar refractivity (Wildman–Crippen MR) is 135 cm³/mol. The largest absolute Gasteiger partial charge is 0.470 e. The lowest BCUT2D eigenvalue weighted by Gasteiger charge is -2.31. The Morgan fingerprint density at radius 3 is 2.92 bits per heavy atom. The number of nitrogens with two attached hydrogens (primary N) is 1. The second-order valence-corrected chi connectivity index (χ2v) is 9.58. The van der Waals surface area contributed by atoms with Gasteiger partial charge in [0, 0.05) is 30.9 Å². The molecule has 0 bridgehead atoms. The van der Waals surface area contributed by atoms with Gasteiger partial charge in [0.1, 0.15) is 12.4 Å². The summed E-state index contributed by atoms with van der Waals surface area (Å²) in [6.45, 7) is 2.90. The van der Waals surface area contributed by atoms with E-state index < -0.39 is 0 Å². The van der Waals surface area contributed by atoms with Gasteiger partial charge in [-0.15, -0.1) is 15.3 Å². The fourth-order valence-electron chi connectivity index (χ4n) is 4.95. The van der Waals surface area contributed by atoms with Crippen molar-refractivity contribution >= 4 is 17.7 Å². The first kappa shape index (κ1) is 23.8. The number of carbonyl (C=O) groups excluding carboxylic acids is 2. The van der Waals surface area contributed by atoms with Crippen molar-refractivity contribution in [1.82, 2.24) is 29.9 Å². The summed E-state index contributed by atoms with van der Waals surface area (Å²) in [5.74, 6) is 1.40. The summed E-state index contributed by atoms with van der Waals surface area (Å²) in [4.78, 5) is 30.6. The number of ether oxygens (including phenoxy) is 1. The van der Waals surface area contributed by atoms with Crippen LogP contribution in [0.1, 0.15) is 52.8 Å². The van der Waals surface area contributed by atoms with Crippen molar-refractivity contribution in [3.05, 3.63) is 71.0 Å². The highest BCUT2D eigenvalue weighted by atomic mass is 16.5. The number of nitrogens with zero attached hydrogens (tertiary/aromatic N) is 7. The van der Waals surface area contributed by atoms with Crippen LogP contribution < -0.4 is 5.73 Å². The van der Waals surface area contributed by atoms with E-state index >= 15 is 0 Å². The lowest BCUT2D eigenvalue weighted by Crippen LogP contribution is -2.44. The Bertz CT molecular complexity index is 1480. The molecule has 2 atom stereocenters. The highest BCUT2D eigenvalue weighted by Crippen LogP contribution is 2.36. The molecule has 38 heavy (non-hydrogen) atoms. The Balaban J connectivity index is 1.19. The van der Waals surface area contributed by atoms with Crippen LogP contribution in [0.25, 0.3) is 11.5 Å². The first-order valence-electron chi connectivity index (χ1n) is 12.5. The summed E-state index contributed by atoms with van der Waals surface area (Å²) in [5, 5.41) is 17.4. The summed E-state index contributed by atoms with van der Waals surface area (Å²) in [6.07, 6.45) is 9.75. The number of aryl methyl sites for hydroxylation is 1. The summed E-state index contributed by atoms with van der Waals surface area (Å²) in [7, 11) is 0. The molecule has 1 aliphatic carbocycles. The van der Waals surface area contributed by atoms with Crippen molar-refractivity contribution in [2.75, 3.05) is 13.1 Å². The van der Waals surface area contributed by atoms with Crippen LogP contribution in [-0.4, -0.2) is 60.7 Å². The van der Waals surface area contributed by atoms with Crippen molar-refractivity contribution in [1.29, 1.82) is 0 Å². The second-order valence-electron chi connectivity index (χ2n) is 9.58. The van der Waals surface area contributed by atoms with Gasteiger partial charge in [0.15, 0.2) is 11.5 Å². The highest BCUT2D eigenvalue weighted by Gasteiger charge is 2.34. The third-order valence-corrected chi connectivity index (χ3v) is 6.97. The van der Waals surface area contributed by atoms with Crippen LogP contribution in [0.3, 0.4) is 0 Å².